The average Bonchev–Trinajstić information content (AvgIpc) is 2.58. The first-order valence-corrected chi connectivity index (χ1v) is 6.91. The third-order valence-corrected chi connectivity index (χ3v) is 3.09. The van der Waals surface area contributed by atoms with Crippen LogP contribution in [0.4, 0.5) is 0 Å². The maximum absolute atomic E-state index is 11.7. The number of ether oxygens (including phenoxy) is 2. The molecule has 0 radical (unpaired) electrons. The van der Waals surface area contributed by atoms with Crippen LogP contribution in [-0.2, 0) is 9.53 Å². The van der Waals surface area contributed by atoms with E-state index in [4.69, 9.17) is 9.47 Å². The molecular formula is C18H18O4. The van der Waals surface area contributed by atoms with E-state index in [1.807, 2.05) is 36.4 Å². The van der Waals surface area contributed by atoms with Crippen molar-refractivity contribution >= 4 is 12.0 Å². The summed E-state index contributed by atoms with van der Waals surface area (Å²) in [6.07, 6.45) is 2.08. The Morgan fingerprint density at radius 2 is 1.82 bits per heavy atom. The zero-order valence-electron chi connectivity index (χ0n) is 12.3. The van der Waals surface area contributed by atoms with E-state index in [9.17, 15) is 9.90 Å². The van der Waals surface area contributed by atoms with Gasteiger partial charge in [-0.3, -0.25) is 0 Å². The Balaban J connectivity index is 1.89. The first kappa shape index (κ1) is 15.8. The summed E-state index contributed by atoms with van der Waals surface area (Å²) in [5.41, 5.74) is 1.49. The van der Waals surface area contributed by atoms with Crippen LogP contribution in [0.5, 0.6) is 5.75 Å². The van der Waals surface area contributed by atoms with Crippen molar-refractivity contribution in [2.75, 3.05) is 13.7 Å². The molecule has 4 nitrogen and oxygen atoms in total. The first-order valence-electron chi connectivity index (χ1n) is 6.91. The van der Waals surface area contributed by atoms with Crippen LogP contribution >= 0.6 is 0 Å². The second-order valence-electron chi connectivity index (χ2n) is 4.63. The van der Waals surface area contributed by atoms with Crippen molar-refractivity contribution in [3.8, 4) is 5.75 Å². The molecule has 0 saturated heterocycles. The van der Waals surface area contributed by atoms with Gasteiger partial charge in [-0.1, -0.05) is 48.5 Å². The zero-order valence-corrected chi connectivity index (χ0v) is 12.3. The molecule has 0 aliphatic carbocycles. The molecule has 0 heterocycles. The molecule has 0 spiro atoms. The Labute approximate surface area is 129 Å². The van der Waals surface area contributed by atoms with Gasteiger partial charge in [-0.2, -0.15) is 0 Å². The van der Waals surface area contributed by atoms with E-state index in [0.717, 1.165) is 5.56 Å². The van der Waals surface area contributed by atoms with E-state index in [1.54, 1.807) is 24.3 Å². The van der Waals surface area contributed by atoms with Gasteiger partial charge in [0, 0.05) is 11.6 Å². The van der Waals surface area contributed by atoms with Crippen LogP contribution in [0.15, 0.2) is 60.7 Å². The van der Waals surface area contributed by atoms with E-state index >= 15 is 0 Å². The molecule has 0 bridgehead atoms. The van der Waals surface area contributed by atoms with Crippen LogP contribution in [0.25, 0.3) is 6.08 Å². The van der Waals surface area contributed by atoms with Gasteiger partial charge in [-0.05, 0) is 17.7 Å². The third-order valence-electron chi connectivity index (χ3n) is 3.09. The number of hydrogen-bond donors (Lipinski definition) is 1. The Hall–Kier alpha value is -2.59. The Morgan fingerprint density at radius 3 is 2.55 bits per heavy atom. The maximum atomic E-state index is 11.7. The third kappa shape index (κ3) is 4.46. The van der Waals surface area contributed by atoms with Crippen LogP contribution < -0.4 is 4.74 Å². The number of methoxy groups -OCH3 is 1. The molecule has 2 aromatic rings. The summed E-state index contributed by atoms with van der Waals surface area (Å²) < 4.78 is 10.2. The summed E-state index contributed by atoms with van der Waals surface area (Å²) in [4.78, 5) is 11.7. The number of para-hydroxylation sites is 1. The van der Waals surface area contributed by atoms with Gasteiger partial charge in [0.2, 0.25) is 0 Å². The SMILES string of the molecule is COc1ccccc1[C@H](O)COC(=O)/C=C/c1ccccc1. The zero-order chi connectivity index (χ0) is 15.8. The van der Waals surface area contributed by atoms with Crippen LogP contribution in [-0.4, -0.2) is 24.8 Å². The summed E-state index contributed by atoms with van der Waals surface area (Å²) in [7, 11) is 1.53. The number of carbonyl (C=O) groups excluding carboxylic acids is 1. The normalized spacial score (nSPS) is 12.1. The van der Waals surface area contributed by atoms with Crippen molar-refractivity contribution in [3.63, 3.8) is 0 Å². The van der Waals surface area contributed by atoms with Crippen molar-refractivity contribution in [1.82, 2.24) is 0 Å². The fourth-order valence-electron chi connectivity index (χ4n) is 1.97. The fourth-order valence-corrected chi connectivity index (χ4v) is 1.97. The number of carbonyl (C=O) groups is 1. The van der Waals surface area contributed by atoms with Crippen LogP contribution in [0.2, 0.25) is 0 Å². The van der Waals surface area contributed by atoms with E-state index in [-0.39, 0.29) is 6.61 Å². The highest BCUT2D eigenvalue weighted by molar-refractivity contribution is 5.87. The van der Waals surface area contributed by atoms with Gasteiger partial charge in [-0.25, -0.2) is 4.79 Å². The summed E-state index contributed by atoms with van der Waals surface area (Å²) in [6, 6.07) is 16.5. The van der Waals surface area contributed by atoms with Gasteiger partial charge in [-0.15, -0.1) is 0 Å². The topological polar surface area (TPSA) is 55.8 Å². The van der Waals surface area contributed by atoms with Gasteiger partial charge in [0.05, 0.1) is 7.11 Å². The van der Waals surface area contributed by atoms with Gasteiger partial charge >= 0.3 is 5.97 Å². The predicted octanol–water partition coefficient (Wildman–Crippen LogP) is 2.99. The second-order valence-corrected chi connectivity index (χ2v) is 4.63. The Morgan fingerprint density at radius 1 is 1.14 bits per heavy atom. The molecule has 0 saturated carbocycles. The number of aliphatic hydroxyl groups excluding tert-OH is 1. The molecule has 0 aliphatic rings. The van der Waals surface area contributed by atoms with Crippen molar-refractivity contribution in [1.29, 1.82) is 0 Å². The minimum absolute atomic E-state index is 0.127. The molecule has 22 heavy (non-hydrogen) atoms. The molecule has 2 rings (SSSR count). The number of benzene rings is 2. The molecule has 0 amide bonds. The molecule has 2 aromatic carbocycles. The van der Waals surface area contributed by atoms with E-state index < -0.39 is 12.1 Å². The number of hydrogen-bond acceptors (Lipinski definition) is 4. The minimum atomic E-state index is -0.926. The van der Waals surface area contributed by atoms with E-state index in [0.29, 0.717) is 11.3 Å². The second kappa shape index (κ2) is 8.00. The van der Waals surface area contributed by atoms with Crippen LogP contribution in [0, 0.1) is 0 Å². The van der Waals surface area contributed by atoms with Gasteiger partial charge in [0.15, 0.2) is 0 Å². The highest BCUT2D eigenvalue weighted by atomic mass is 16.5. The summed E-state index contributed by atoms with van der Waals surface area (Å²) in [5, 5.41) is 10.1. The standard InChI is InChI=1S/C18H18O4/c1-21-17-10-6-5-9-15(17)16(19)13-22-18(20)12-11-14-7-3-2-4-8-14/h2-12,16,19H,13H2,1H3/b12-11+/t16-/m1/s1. The molecule has 4 heteroatoms. The molecule has 1 atom stereocenters. The fraction of sp³-hybridized carbons (Fsp3) is 0.167. The monoisotopic (exact) mass is 298 g/mol. The molecule has 0 aromatic heterocycles. The maximum Gasteiger partial charge on any atom is 0.330 e. The summed E-state index contributed by atoms with van der Waals surface area (Å²) in [5.74, 6) is 0.0590. The van der Waals surface area contributed by atoms with Crippen molar-refractivity contribution in [2.24, 2.45) is 0 Å². The highest BCUT2D eigenvalue weighted by Crippen LogP contribution is 2.24. The average molecular weight is 298 g/mol. The lowest BCUT2D eigenvalue weighted by atomic mass is 10.1. The first-order chi connectivity index (χ1) is 10.7. The molecular weight excluding hydrogens is 280 g/mol. The Bertz CT molecular complexity index is 635. The van der Waals surface area contributed by atoms with E-state index in [2.05, 4.69) is 0 Å². The summed E-state index contributed by atoms with van der Waals surface area (Å²) >= 11 is 0. The summed E-state index contributed by atoms with van der Waals surface area (Å²) in [6.45, 7) is -0.127. The Kier molecular flexibility index (Phi) is 5.74. The lowest BCUT2D eigenvalue weighted by Gasteiger charge is -2.14. The van der Waals surface area contributed by atoms with Gasteiger partial charge < -0.3 is 14.6 Å². The van der Waals surface area contributed by atoms with Crippen LogP contribution in [0.1, 0.15) is 17.2 Å². The molecule has 1 N–H and O–H groups in total. The number of aliphatic hydroxyl groups is 1. The van der Waals surface area contributed by atoms with E-state index in [1.165, 1.54) is 13.2 Å². The van der Waals surface area contributed by atoms with Crippen molar-refractivity contribution < 1.29 is 19.4 Å². The van der Waals surface area contributed by atoms with Crippen LogP contribution in [0.3, 0.4) is 0 Å². The highest BCUT2D eigenvalue weighted by Gasteiger charge is 2.14. The van der Waals surface area contributed by atoms with Crippen molar-refractivity contribution in [2.45, 2.75) is 6.10 Å². The predicted molar refractivity (Wildman–Crippen MR) is 84.4 cm³/mol. The number of esters is 1. The molecule has 0 fully saturated rings. The largest absolute Gasteiger partial charge is 0.496 e. The van der Waals surface area contributed by atoms with Gasteiger partial charge in [0.25, 0.3) is 0 Å². The van der Waals surface area contributed by atoms with Crippen molar-refractivity contribution in [3.05, 3.63) is 71.8 Å². The smallest absolute Gasteiger partial charge is 0.330 e. The lowest BCUT2D eigenvalue weighted by molar-refractivity contribution is -0.140. The molecule has 114 valence electrons. The molecule has 0 aliphatic heterocycles. The molecule has 0 unspecified atom stereocenters. The lowest BCUT2D eigenvalue weighted by Crippen LogP contribution is -2.11. The number of rotatable bonds is 6. The quantitative estimate of drug-likeness (QED) is 0.658. The minimum Gasteiger partial charge on any atom is -0.496 e. The van der Waals surface area contributed by atoms with Gasteiger partial charge in [0.1, 0.15) is 18.5 Å².